The number of nitrogens with one attached hydrogen (secondary N) is 1. The summed E-state index contributed by atoms with van der Waals surface area (Å²) >= 11 is 1.58. The van der Waals surface area contributed by atoms with Gasteiger partial charge in [-0.1, -0.05) is 0 Å². The van der Waals surface area contributed by atoms with E-state index in [2.05, 4.69) is 15.3 Å². The molecule has 80 valence electrons. The van der Waals surface area contributed by atoms with Gasteiger partial charge in [0.1, 0.15) is 6.26 Å². The Kier molecular flexibility index (Phi) is 2.11. The summed E-state index contributed by atoms with van der Waals surface area (Å²) in [5.41, 5.74) is 2.71. The van der Waals surface area contributed by atoms with Crippen LogP contribution in [0.3, 0.4) is 0 Å². The van der Waals surface area contributed by atoms with Gasteiger partial charge in [0.15, 0.2) is 10.7 Å². The van der Waals surface area contributed by atoms with Gasteiger partial charge in [0.05, 0.1) is 17.6 Å². The van der Waals surface area contributed by atoms with Crippen LogP contribution in [0.25, 0.3) is 11.0 Å². The second-order valence-corrected chi connectivity index (χ2v) is 4.30. The fourth-order valence-electron chi connectivity index (χ4n) is 1.51. The minimum Gasteiger partial charge on any atom is -0.460 e. The first-order valence-electron chi connectivity index (χ1n) is 4.83. The van der Waals surface area contributed by atoms with Crippen molar-refractivity contribution in [3.63, 3.8) is 0 Å². The largest absolute Gasteiger partial charge is 0.460 e. The van der Waals surface area contributed by atoms with Gasteiger partial charge in [0.2, 0.25) is 0 Å². The molecule has 0 atom stereocenters. The van der Waals surface area contributed by atoms with Gasteiger partial charge in [-0.15, -0.1) is 11.3 Å². The standard InChI is InChI=1S/C11H9N3OS/c1-7-6-16-11(13-7)14-9-5-15-10-4-12-3-2-8(9)10/h2-6H,1H3,(H,13,14). The molecule has 3 heterocycles. The number of furan rings is 1. The Morgan fingerprint density at radius 3 is 3.19 bits per heavy atom. The summed E-state index contributed by atoms with van der Waals surface area (Å²) in [5.74, 6) is 0. The molecule has 0 aromatic carbocycles. The van der Waals surface area contributed by atoms with Gasteiger partial charge < -0.3 is 9.73 Å². The van der Waals surface area contributed by atoms with Gasteiger partial charge in [-0.2, -0.15) is 0 Å². The summed E-state index contributed by atoms with van der Waals surface area (Å²) in [6.45, 7) is 1.97. The molecule has 3 aromatic heterocycles. The van der Waals surface area contributed by atoms with Crippen LogP contribution >= 0.6 is 11.3 Å². The Hall–Kier alpha value is -1.88. The Bertz CT molecular complexity index is 629. The lowest BCUT2D eigenvalue weighted by molar-refractivity contribution is 0.615. The lowest BCUT2D eigenvalue weighted by Gasteiger charge is -1.97. The first-order valence-corrected chi connectivity index (χ1v) is 5.71. The van der Waals surface area contributed by atoms with Crippen LogP contribution in [-0.4, -0.2) is 9.97 Å². The molecule has 0 saturated heterocycles. The van der Waals surface area contributed by atoms with Gasteiger partial charge in [-0.3, -0.25) is 4.98 Å². The average Bonchev–Trinajstić information content (AvgIpc) is 2.87. The third kappa shape index (κ3) is 1.55. The normalized spacial score (nSPS) is 10.8. The molecule has 0 unspecified atom stereocenters. The zero-order valence-electron chi connectivity index (χ0n) is 8.60. The number of aromatic nitrogens is 2. The number of hydrogen-bond donors (Lipinski definition) is 1. The summed E-state index contributed by atoms with van der Waals surface area (Å²) < 4.78 is 5.38. The number of anilines is 2. The Morgan fingerprint density at radius 1 is 1.44 bits per heavy atom. The number of aryl methyl sites for hydroxylation is 1. The maximum atomic E-state index is 5.38. The monoisotopic (exact) mass is 231 g/mol. The molecular weight excluding hydrogens is 222 g/mol. The fraction of sp³-hybridized carbons (Fsp3) is 0.0909. The predicted molar refractivity (Wildman–Crippen MR) is 64.1 cm³/mol. The number of nitrogens with zero attached hydrogens (tertiary/aromatic N) is 2. The molecule has 0 saturated carbocycles. The van der Waals surface area contributed by atoms with Crippen molar-refractivity contribution in [2.24, 2.45) is 0 Å². The minimum absolute atomic E-state index is 0.776. The average molecular weight is 231 g/mol. The van der Waals surface area contributed by atoms with E-state index in [-0.39, 0.29) is 0 Å². The highest BCUT2D eigenvalue weighted by Crippen LogP contribution is 2.28. The summed E-state index contributed by atoms with van der Waals surface area (Å²) in [6.07, 6.45) is 5.13. The third-order valence-corrected chi connectivity index (χ3v) is 3.11. The highest BCUT2D eigenvalue weighted by atomic mass is 32.1. The van der Waals surface area contributed by atoms with Crippen LogP contribution in [0.5, 0.6) is 0 Å². The predicted octanol–water partition coefficient (Wildman–Crippen LogP) is 3.34. The highest BCUT2D eigenvalue weighted by Gasteiger charge is 2.06. The second-order valence-electron chi connectivity index (χ2n) is 3.44. The van der Waals surface area contributed by atoms with E-state index in [9.17, 15) is 0 Å². The maximum absolute atomic E-state index is 5.38. The molecule has 16 heavy (non-hydrogen) atoms. The van der Waals surface area contributed by atoms with Crippen LogP contribution in [0.2, 0.25) is 0 Å². The van der Waals surface area contributed by atoms with Crippen LogP contribution in [-0.2, 0) is 0 Å². The molecule has 0 amide bonds. The molecule has 4 nitrogen and oxygen atoms in total. The van der Waals surface area contributed by atoms with E-state index in [1.165, 1.54) is 0 Å². The van der Waals surface area contributed by atoms with Crippen molar-refractivity contribution < 1.29 is 4.42 Å². The molecule has 3 aromatic rings. The highest BCUT2D eigenvalue weighted by molar-refractivity contribution is 7.13. The number of fused-ring (bicyclic) bond motifs is 1. The lowest BCUT2D eigenvalue weighted by Crippen LogP contribution is -1.87. The van der Waals surface area contributed by atoms with Gasteiger partial charge in [0, 0.05) is 17.0 Å². The number of thiazole rings is 1. The van der Waals surface area contributed by atoms with E-state index in [1.807, 2.05) is 18.4 Å². The lowest BCUT2D eigenvalue weighted by atomic mass is 10.3. The number of pyridine rings is 1. The Labute approximate surface area is 96.0 Å². The van der Waals surface area contributed by atoms with E-state index in [4.69, 9.17) is 4.42 Å². The Morgan fingerprint density at radius 2 is 2.38 bits per heavy atom. The molecule has 1 N–H and O–H groups in total. The Balaban J connectivity index is 2.00. The minimum atomic E-state index is 0.776. The molecule has 0 fully saturated rings. The van der Waals surface area contributed by atoms with Gasteiger partial charge in [0.25, 0.3) is 0 Å². The van der Waals surface area contributed by atoms with Crippen molar-refractivity contribution in [3.8, 4) is 0 Å². The molecule has 0 aliphatic carbocycles. The number of hydrogen-bond acceptors (Lipinski definition) is 5. The molecule has 0 aliphatic rings. The van der Waals surface area contributed by atoms with Gasteiger partial charge in [-0.05, 0) is 13.0 Å². The van der Waals surface area contributed by atoms with E-state index in [0.29, 0.717) is 0 Å². The molecule has 5 heteroatoms. The van der Waals surface area contributed by atoms with Gasteiger partial charge >= 0.3 is 0 Å². The summed E-state index contributed by atoms with van der Waals surface area (Å²) in [7, 11) is 0. The fourth-order valence-corrected chi connectivity index (χ4v) is 2.21. The van der Waals surface area contributed by atoms with Crippen LogP contribution in [0.4, 0.5) is 10.8 Å². The third-order valence-electron chi connectivity index (χ3n) is 2.24. The van der Waals surface area contributed by atoms with Crippen molar-refractivity contribution in [1.82, 2.24) is 9.97 Å². The van der Waals surface area contributed by atoms with Crippen LogP contribution in [0.1, 0.15) is 5.69 Å². The van der Waals surface area contributed by atoms with Crippen LogP contribution in [0, 0.1) is 6.92 Å². The van der Waals surface area contributed by atoms with E-state index in [0.717, 1.165) is 27.5 Å². The van der Waals surface area contributed by atoms with E-state index in [1.54, 1.807) is 30.0 Å². The first kappa shape index (κ1) is 9.35. The van der Waals surface area contributed by atoms with Crippen molar-refractivity contribution >= 4 is 33.1 Å². The molecule has 3 rings (SSSR count). The van der Waals surface area contributed by atoms with Crippen molar-refractivity contribution in [3.05, 3.63) is 35.8 Å². The summed E-state index contributed by atoms with van der Waals surface area (Å²) in [6, 6.07) is 1.92. The molecular formula is C11H9N3OS. The first-order chi connectivity index (χ1) is 7.83. The van der Waals surface area contributed by atoms with Crippen molar-refractivity contribution in [2.45, 2.75) is 6.92 Å². The van der Waals surface area contributed by atoms with Crippen LogP contribution < -0.4 is 5.32 Å². The van der Waals surface area contributed by atoms with Crippen LogP contribution in [0.15, 0.2) is 34.5 Å². The zero-order chi connectivity index (χ0) is 11.0. The number of rotatable bonds is 2. The SMILES string of the molecule is Cc1csc(Nc2coc3cnccc23)n1. The molecule has 0 bridgehead atoms. The van der Waals surface area contributed by atoms with Crippen molar-refractivity contribution in [1.29, 1.82) is 0 Å². The van der Waals surface area contributed by atoms with E-state index < -0.39 is 0 Å². The molecule has 0 spiro atoms. The van der Waals surface area contributed by atoms with E-state index >= 15 is 0 Å². The molecule has 0 aliphatic heterocycles. The summed E-state index contributed by atoms with van der Waals surface area (Å²) in [5, 5.41) is 7.13. The van der Waals surface area contributed by atoms with Gasteiger partial charge in [-0.25, -0.2) is 4.98 Å². The summed E-state index contributed by atoms with van der Waals surface area (Å²) in [4.78, 5) is 8.35. The zero-order valence-corrected chi connectivity index (χ0v) is 9.41. The second kappa shape index (κ2) is 3.61. The molecule has 0 radical (unpaired) electrons. The topological polar surface area (TPSA) is 51.0 Å². The van der Waals surface area contributed by atoms with Crippen molar-refractivity contribution in [2.75, 3.05) is 5.32 Å². The quantitative estimate of drug-likeness (QED) is 0.735. The smallest absolute Gasteiger partial charge is 0.187 e. The maximum Gasteiger partial charge on any atom is 0.187 e.